The molecule has 0 fully saturated rings. The van der Waals surface area contributed by atoms with E-state index < -0.39 is 10.0 Å². The van der Waals surface area contributed by atoms with E-state index in [-0.39, 0.29) is 5.09 Å². The quantitative estimate of drug-likeness (QED) is 0.761. The molecule has 0 spiro atoms. The molecule has 0 radical (unpaired) electrons. The maximum Gasteiger partial charge on any atom is 0.276 e. The highest BCUT2D eigenvalue weighted by molar-refractivity contribution is 7.89. The Bertz CT molecular complexity index is 488. The first kappa shape index (κ1) is 17.2. The number of nitrogens with one attached hydrogen (secondary N) is 1. The summed E-state index contributed by atoms with van der Waals surface area (Å²) < 4.78 is 31.9. The Balaban J connectivity index is 2.85. The first-order chi connectivity index (χ1) is 9.41. The second-order valence-electron chi connectivity index (χ2n) is 5.16. The third kappa shape index (κ3) is 4.61. The largest absolute Gasteiger partial charge is 0.447 e. The Labute approximate surface area is 122 Å². The molecule has 1 aromatic heterocycles. The molecule has 1 rings (SSSR count). The monoisotopic (exact) mass is 302 g/mol. The molecule has 0 aliphatic carbocycles. The average molecular weight is 302 g/mol. The molecule has 0 bridgehead atoms. The number of sulfonamides is 1. The van der Waals surface area contributed by atoms with Crippen molar-refractivity contribution in [1.29, 1.82) is 0 Å². The molecule has 1 aromatic rings. The van der Waals surface area contributed by atoms with E-state index in [1.807, 2.05) is 27.7 Å². The van der Waals surface area contributed by atoms with Crippen LogP contribution in [0.1, 0.15) is 46.3 Å². The molecule has 0 unspecified atom stereocenters. The third-order valence-corrected chi connectivity index (χ3v) is 4.63. The Morgan fingerprint density at radius 2 is 1.80 bits per heavy atom. The van der Waals surface area contributed by atoms with Crippen LogP contribution in [0, 0.1) is 0 Å². The van der Waals surface area contributed by atoms with Crippen molar-refractivity contribution in [3.63, 3.8) is 0 Å². The summed E-state index contributed by atoms with van der Waals surface area (Å²) in [5.74, 6) is 0.644. The number of hydrogen-bond donors (Lipinski definition) is 1. The van der Waals surface area contributed by atoms with Crippen LogP contribution in [0.3, 0.4) is 0 Å². The second kappa shape index (κ2) is 7.81. The molecule has 0 amide bonds. The number of furan rings is 1. The summed E-state index contributed by atoms with van der Waals surface area (Å²) in [5, 5.41) is 3.25. The van der Waals surface area contributed by atoms with Crippen molar-refractivity contribution in [3.05, 3.63) is 17.9 Å². The maximum absolute atomic E-state index is 12.5. The van der Waals surface area contributed by atoms with Crippen LogP contribution >= 0.6 is 0 Å². The van der Waals surface area contributed by atoms with Crippen LogP contribution in [0.5, 0.6) is 0 Å². The van der Waals surface area contributed by atoms with Crippen LogP contribution in [0.15, 0.2) is 21.6 Å². The first-order valence-electron chi connectivity index (χ1n) is 7.24. The van der Waals surface area contributed by atoms with Crippen molar-refractivity contribution in [2.45, 2.75) is 58.2 Å². The zero-order chi connectivity index (χ0) is 15.2. The van der Waals surface area contributed by atoms with Gasteiger partial charge >= 0.3 is 0 Å². The summed E-state index contributed by atoms with van der Waals surface area (Å²) in [6.45, 7) is 9.59. The van der Waals surface area contributed by atoms with Crippen LogP contribution in [0.2, 0.25) is 0 Å². The van der Waals surface area contributed by atoms with E-state index in [0.717, 1.165) is 12.8 Å². The van der Waals surface area contributed by atoms with Crippen LogP contribution < -0.4 is 5.32 Å². The summed E-state index contributed by atoms with van der Waals surface area (Å²) in [7, 11) is -3.50. The Kier molecular flexibility index (Phi) is 6.71. The lowest BCUT2D eigenvalue weighted by Gasteiger charge is -2.19. The van der Waals surface area contributed by atoms with E-state index in [0.29, 0.717) is 31.4 Å². The number of nitrogens with zero attached hydrogens (tertiary/aromatic N) is 1. The average Bonchev–Trinajstić information content (AvgIpc) is 2.85. The van der Waals surface area contributed by atoms with Crippen molar-refractivity contribution in [2.24, 2.45) is 0 Å². The highest BCUT2D eigenvalue weighted by Gasteiger charge is 2.26. The molecular weight excluding hydrogens is 276 g/mol. The zero-order valence-electron chi connectivity index (χ0n) is 12.8. The first-order valence-corrected chi connectivity index (χ1v) is 8.68. The molecular formula is C14H26N2O3S. The van der Waals surface area contributed by atoms with Gasteiger partial charge in [0.2, 0.25) is 5.09 Å². The molecule has 116 valence electrons. The van der Waals surface area contributed by atoms with Gasteiger partial charge in [0.25, 0.3) is 10.0 Å². The fourth-order valence-corrected chi connectivity index (χ4v) is 3.43. The lowest BCUT2D eigenvalue weighted by atomic mass is 10.3. The number of rotatable bonds is 9. The summed E-state index contributed by atoms with van der Waals surface area (Å²) in [4.78, 5) is 0. The highest BCUT2D eigenvalue weighted by Crippen LogP contribution is 2.19. The lowest BCUT2D eigenvalue weighted by Crippen LogP contribution is -2.32. The molecule has 6 heteroatoms. The molecule has 0 atom stereocenters. The van der Waals surface area contributed by atoms with Crippen molar-refractivity contribution in [1.82, 2.24) is 9.62 Å². The highest BCUT2D eigenvalue weighted by atomic mass is 32.2. The van der Waals surface area contributed by atoms with E-state index >= 15 is 0 Å². The maximum atomic E-state index is 12.5. The number of hydrogen-bond acceptors (Lipinski definition) is 4. The Morgan fingerprint density at radius 1 is 1.20 bits per heavy atom. The summed E-state index contributed by atoms with van der Waals surface area (Å²) >= 11 is 0. The van der Waals surface area contributed by atoms with Gasteiger partial charge in [-0.1, -0.05) is 27.7 Å². The van der Waals surface area contributed by atoms with E-state index in [9.17, 15) is 8.42 Å². The predicted molar refractivity (Wildman–Crippen MR) is 80.0 cm³/mol. The molecule has 20 heavy (non-hydrogen) atoms. The van der Waals surface area contributed by atoms with Gasteiger partial charge in [-0.15, -0.1) is 0 Å². The van der Waals surface area contributed by atoms with Gasteiger partial charge in [-0.05, 0) is 25.0 Å². The molecule has 0 aromatic carbocycles. The summed E-state index contributed by atoms with van der Waals surface area (Å²) in [6.07, 6.45) is 1.59. The predicted octanol–water partition coefficient (Wildman–Crippen LogP) is 2.59. The minimum Gasteiger partial charge on any atom is -0.447 e. The van der Waals surface area contributed by atoms with Crippen LogP contribution in [-0.4, -0.2) is 31.9 Å². The van der Waals surface area contributed by atoms with Gasteiger partial charge in [0.1, 0.15) is 5.76 Å². The van der Waals surface area contributed by atoms with Gasteiger partial charge in [0.15, 0.2) is 0 Å². The van der Waals surface area contributed by atoms with Gasteiger partial charge in [-0.25, -0.2) is 8.42 Å². The van der Waals surface area contributed by atoms with Crippen LogP contribution in [0.25, 0.3) is 0 Å². The molecule has 1 N–H and O–H groups in total. The standard InChI is InChI=1S/C14H26N2O3S/c1-5-9-16(10-6-2)20(17,18)14-8-7-13(19-14)11-15-12(3)4/h7-8,12,15H,5-6,9-11H2,1-4H3. The normalized spacial score (nSPS) is 12.5. The van der Waals surface area contributed by atoms with Crippen molar-refractivity contribution in [3.8, 4) is 0 Å². The minimum atomic E-state index is -3.50. The van der Waals surface area contributed by atoms with Gasteiger partial charge in [0, 0.05) is 19.1 Å². The minimum absolute atomic E-state index is 0.0416. The zero-order valence-corrected chi connectivity index (χ0v) is 13.7. The summed E-state index contributed by atoms with van der Waals surface area (Å²) in [5.41, 5.74) is 0. The van der Waals surface area contributed by atoms with E-state index in [2.05, 4.69) is 5.32 Å². The van der Waals surface area contributed by atoms with E-state index in [1.54, 1.807) is 12.1 Å². The lowest BCUT2D eigenvalue weighted by molar-refractivity contribution is 0.359. The van der Waals surface area contributed by atoms with Gasteiger partial charge in [0.05, 0.1) is 6.54 Å². The second-order valence-corrected chi connectivity index (χ2v) is 7.03. The topological polar surface area (TPSA) is 62.6 Å². The van der Waals surface area contributed by atoms with Crippen molar-refractivity contribution >= 4 is 10.0 Å². The van der Waals surface area contributed by atoms with Crippen LogP contribution in [-0.2, 0) is 16.6 Å². The molecule has 0 aliphatic heterocycles. The van der Waals surface area contributed by atoms with E-state index in [4.69, 9.17) is 4.42 Å². The van der Waals surface area contributed by atoms with Crippen LogP contribution in [0.4, 0.5) is 0 Å². The fraction of sp³-hybridized carbons (Fsp3) is 0.714. The van der Waals surface area contributed by atoms with Gasteiger partial charge < -0.3 is 9.73 Å². The Morgan fingerprint density at radius 3 is 2.30 bits per heavy atom. The Hall–Kier alpha value is -0.850. The molecule has 0 saturated carbocycles. The molecule has 0 saturated heterocycles. The van der Waals surface area contributed by atoms with Crippen molar-refractivity contribution < 1.29 is 12.8 Å². The third-order valence-electron chi connectivity index (χ3n) is 2.86. The summed E-state index contributed by atoms with van der Waals surface area (Å²) in [6, 6.07) is 3.60. The van der Waals surface area contributed by atoms with Gasteiger partial charge in [-0.2, -0.15) is 4.31 Å². The smallest absolute Gasteiger partial charge is 0.276 e. The molecule has 5 nitrogen and oxygen atoms in total. The molecule has 0 aliphatic rings. The van der Waals surface area contributed by atoms with Gasteiger partial charge in [-0.3, -0.25) is 0 Å². The van der Waals surface area contributed by atoms with Crippen molar-refractivity contribution in [2.75, 3.05) is 13.1 Å². The molecule has 1 heterocycles. The van der Waals surface area contributed by atoms with E-state index in [1.165, 1.54) is 4.31 Å². The SMILES string of the molecule is CCCN(CCC)S(=O)(=O)c1ccc(CNC(C)C)o1. The fourth-order valence-electron chi connectivity index (χ4n) is 1.87.